The van der Waals surface area contributed by atoms with Gasteiger partial charge in [0, 0.05) is 12.6 Å². The van der Waals surface area contributed by atoms with Crippen molar-refractivity contribution in [2.24, 2.45) is 5.73 Å². The number of hydrogen-bond acceptors (Lipinski definition) is 7. The molecule has 9 nitrogen and oxygen atoms in total. The van der Waals surface area contributed by atoms with E-state index in [2.05, 4.69) is 5.32 Å². The van der Waals surface area contributed by atoms with E-state index in [0.717, 1.165) is 29.7 Å². The Hall–Kier alpha value is -3.09. The molecule has 0 radical (unpaired) electrons. The molecule has 0 spiro atoms. The summed E-state index contributed by atoms with van der Waals surface area (Å²) in [5.74, 6) is -3.14. The van der Waals surface area contributed by atoms with Crippen molar-refractivity contribution in [3.8, 4) is 0 Å². The summed E-state index contributed by atoms with van der Waals surface area (Å²) < 4.78 is 60.0. The first-order chi connectivity index (χ1) is 21.5. The molecule has 0 aromatic heterocycles. The lowest BCUT2D eigenvalue weighted by molar-refractivity contribution is -0.123. The van der Waals surface area contributed by atoms with Crippen molar-refractivity contribution in [1.82, 2.24) is 10.2 Å². The number of amides is 2. The second-order valence-corrected chi connectivity index (χ2v) is 15.2. The third-order valence-corrected chi connectivity index (χ3v) is 9.79. The summed E-state index contributed by atoms with van der Waals surface area (Å²) in [7, 11) is -3.72. The Balaban J connectivity index is 2.39. The standard InChI is InChI=1S/C34H51F2N3O6S/c1-7-11-28(12-8-2)46(43,44)22-29(37)32(41)38-30(18-25-16-26(35)19-27(36)17-25)31(40)21-39(33(42)45-34(4,5)6)20-24-14-10-13-23(9-3)15-24/h10,13-17,19,28-31,40H,7-9,11-12,18,20-22,37H2,1-6H3,(H,38,41). The molecule has 0 heterocycles. The average Bonchev–Trinajstić information content (AvgIpc) is 2.94. The van der Waals surface area contributed by atoms with Crippen molar-refractivity contribution in [3.63, 3.8) is 0 Å². The first-order valence-corrected chi connectivity index (χ1v) is 17.7. The summed E-state index contributed by atoms with van der Waals surface area (Å²) in [5.41, 5.74) is 7.21. The second-order valence-electron chi connectivity index (χ2n) is 12.8. The maximum absolute atomic E-state index is 14.1. The van der Waals surface area contributed by atoms with Crippen LogP contribution in [0.4, 0.5) is 13.6 Å². The van der Waals surface area contributed by atoms with E-state index < -0.39 is 68.3 Å². The van der Waals surface area contributed by atoms with E-state index in [0.29, 0.717) is 31.7 Å². The van der Waals surface area contributed by atoms with Gasteiger partial charge >= 0.3 is 6.09 Å². The molecule has 0 fully saturated rings. The SMILES string of the molecule is CCCC(CCC)S(=O)(=O)CC(N)C(=O)NC(Cc1cc(F)cc(F)c1)C(O)CN(Cc1cccc(CC)c1)C(=O)OC(C)(C)C. The monoisotopic (exact) mass is 667 g/mol. The Kier molecular flexibility index (Phi) is 15.1. The van der Waals surface area contributed by atoms with Crippen LogP contribution in [0.5, 0.6) is 0 Å². The third kappa shape index (κ3) is 13.0. The molecule has 2 amide bonds. The summed E-state index contributed by atoms with van der Waals surface area (Å²) >= 11 is 0. The highest BCUT2D eigenvalue weighted by Gasteiger charge is 2.33. The lowest BCUT2D eigenvalue weighted by Crippen LogP contribution is -2.55. The van der Waals surface area contributed by atoms with Crippen LogP contribution in [0.2, 0.25) is 0 Å². The van der Waals surface area contributed by atoms with E-state index >= 15 is 0 Å². The fraction of sp³-hybridized carbons (Fsp3) is 0.588. The minimum atomic E-state index is -3.72. The Morgan fingerprint density at radius 2 is 1.57 bits per heavy atom. The van der Waals surface area contributed by atoms with Gasteiger partial charge in [0.1, 0.15) is 17.2 Å². The molecule has 3 unspecified atom stereocenters. The van der Waals surface area contributed by atoms with Crippen LogP contribution in [0.15, 0.2) is 42.5 Å². The molecule has 2 aromatic rings. The van der Waals surface area contributed by atoms with E-state index in [1.807, 2.05) is 45.0 Å². The van der Waals surface area contributed by atoms with Gasteiger partial charge in [0.05, 0.1) is 35.7 Å². The predicted molar refractivity (Wildman–Crippen MR) is 176 cm³/mol. The number of ether oxygens (including phenoxy) is 1. The van der Waals surface area contributed by atoms with Crippen molar-refractivity contribution in [2.75, 3.05) is 12.3 Å². The Morgan fingerprint density at radius 1 is 0.978 bits per heavy atom. The zero-order valence-corrected chi connectivity index (χ0v) is 28.7. The van der Waals surface area contributed by atoms with E-state index in [-0.39, 0.29) is 25.1 Å². The van der Waals surface area contributed by atoms with Gasteiger partial charge in [0.2, 0.25) is 5.91 Å². The normalized spacial score (nSPS) is 14.1. The van der Waals surface area contributed by atoms with Gasteiger partial charge in [-0.15, -0.1) is 0 Å². The number of carbonyl (C=O) groups is 2. The summed E-state index contributed by atoms with van der Waals surface area (Å²) in [6, 6.07) is 7.77. The topological polar surface area (TPSA) is 139 Å². The molecule has 3 atom stereocenters. The fourth-order valence-electron chi connectivity index (χ4n) is 5.22. The van der Waals surface area contributed by atoms with E-state index in [1.165, 1.54) is 4.90 Å². The number of carbonyl (C=O) groups excluding carboxylic acids is 2. The molecule has 12 heteroatoms. The average molecular weight is 668 g/mol. The molecule has 0 bridgehead atoms. The highest BCUT2D eigenvalue weighted by molar-refractivity contribution is 7.92. The van der Waals surface area contributed by atoms with Crippen LogP contribution >= 0.6 is 0 Å². The number of halogens is 2. The minimum absolute atomic E-state index is 0.0725. The van der Waals surface area contributed by atoms with Crippen molar-refractivity contribution in [3.05, 3.63) is 70.8 Å². The number of aliphatic hydroxyl groups excluding tert-OH is 1. The van der Waals surface area contributed by atoms with Gasteiger partial charge in [-0.2, -0.15) is 0 Å². The Bertz CT molecular complexity index is 1370. The highest BCUT2D eigenvalue weighted by Crippen LogP contribution is 2.19. The number of aryl methyl sites for hydroxylation is 1. The van der Waals surface area contributed by atoms with Crippen LogP contribution in [-0.2, 0) is 38.8 Å². The molecule has 4 N–H and O–H groups in total. The molecule has 0 aliphatic heterocycles. The van der Waals surface area contributed by atoms with Gasteiger partial charge < -0.3 is 25.8 Å². The number of sulfone groups is 1. The van der Waals surface area contributed by atoms with E-state index in [9.17, 15) is 31.9 Å². The number of aliphatic hydroxyl groups is 1. The predicted octanol–water partition coefficient (Wildman–Crippen LogP) is 5.06. The third-order valence-electron chi connectivity index (χ3n) is 7.48. The molecule has 2 rings (SSSR count). The van der Waals surface area contributed by atoms with Gasteiger partial charge in [0.25, 0.3) is 0 Å². The molecule has 2 aromatic carbocycles. The summed E-state index contributed by atoms with van der Waals surface area (Å²) in [5, 5.41) is 13.5. The molecule has 0 saturated carbocycles. The number of hydrogen-bond donors (Lipinski definition) is 3. The van der Waals surface area contributed by atoms with Crippen molar-refractivity contribution < 1.29 is 36.6 Å². The summed E-state index contributed by atoms with van der Waals surface area (Å²) in [6.07, 6.45) is 0.556. The largest absolute Gasteiger partial charge is 0.444 e. The smallest absolute Gasteiger partial charge is 0.410 e. The van der Waals surface area contributed by atoms with Gasteiger partial charge in [-0.05, 0) is 75.3 Å². The molecule has 0 aliphatic rings. The molecule has 46 heavy (non-hydrogen) atoms. The van der Waals surface area contributed by atoms with E-state index in [4.69, 9.17) is 10.5 Å². The minimum Gasteiger partial charge on any atom is -0.444 e. The van der Waals surface area contributed by atoms with Crippen LogP contribution in [0.3, 0.4) is 0 Å². The zero-order valence-electron chi connectivity index (χ0n) is 27.9. The fourth-order valence-corrected chi connectivity index (χ4v) is 7.33. The number of nitrogens with one attached hydrogen (secondary N) is 1. The number of nitrogens with two attached hydrogens (primary N) is 1. The van der Waals surface area contributed by atoms with Crippen molar-refractivity contribution in [2.45, 2.75) is 116 Å². The van der Waals surface area contributed by atoms with Crippen LogP contribution in [0, 0.1) is 11.6 Å². The van der Waals surface area contributed by atoms with Gasteiger partial charge in [-0.1, -0.05) is 57.9 Å². The Morgan fingerprint density at radius 3 is 2.11 bits per heavy atom. The number of benzene rings is 2. The summed E-state index contributed by atoms with van der Waals surface area (Å²) in [6.45, 7) is 10.6. The lowest BCUT2D eigenvalue weighted by atomic mass is 9.99. The van der Waals surface area contributed by atoms with Crippen LogP contribution in [-0.4, -0.2) is 71.8 Å². The maximum Gasteiger partial charge on any atom is 0.410 e. The molecule has 0 aliphatic carbocycles. The molecular weight excluding hydrogens is 616 g/mol. The second kappa shape index (κ2) is 17.7. The van der Waals surface area contributed by atoms with Gasteiger partial charge in [-0.3, -0.25) is 4.79 Å². The van der Waals surface area contributed by atoms with Crippen molar-refractivity contribution in [1.29, 1.82) is 0 Å². The van der Waals surface area contributed by atoms with Crippen LogP contribution in [0.1, 0.15) is 83.9 Å². The summed E-state index contributed by atoms with van der Waals surface area (Å²) in [4.78, 5) is 27.9. The quantitative estimate of drug-likeness (QED) is 0.214. The Labute approximate surface area is 272 Å². The maximum atomic E-state index is 14.1. The highest BCUT2D eigenvalue weighted by atomic mass is 32.2. The van der Waals surface area contributed by atoms with E-state index in [1.54, 1.807) is 20.8 Å². The van der Waals surface area contributed by atoms with Crippen LogP contribution < -0.4 is 11.1 Å². The van der Waals surface area contributed by atoms with Gasteiger partial charge in [-0.25, -0.2) is 22.0 Å². The first kappa shape index (κ1) is 39.1. The van der Waals surface area contributed by atoms with Gasteiger partial charge in [0.15, 0.2) is 9.84 Å². The van der Waals surface area contributed by atoms with Crippen LogP contribution in [0.25, 0.3) is 0 Å². The lowest BCUT2D eigenvalue weighted by Gasteiger charge is -2.32. The number of rotatable bonds is 17. The molecule has 0 saturated heterocycles. The zero-order chi connectivity index (χ0) is 34.7. The molecule has 258 valence electrons. The number of nitrogens with zero attached hydrogens (tertiary/aromatic N) is 1. The van der Waals surface area contributed by atoms with Crippen molar-refractivity contribution >= 4 is 21.8 Å². The first-order valence-electron chi connectivity index (χ1n) is 15.9. The molecular formula is C34H51F2N3O6S.